The van der Waals surface area contributed by atoms with E-state index < -0.39 is 0 Å². The van der Waals surface area contributed by atoms with Gasteiger partial charge in [-0.05, 0) is 46.4 Å². The summed E-state index contributed by atoms with van der Waals surface area (Å²) in [4.78, 5) is 10.8. The van der Waals surface area contributed by atoms with Gasteiger partial charge >= 0.3 is 23.1 Å². The fraction of sp³-hybridized carbons (Fsp3) is 0.556. The molecule has 0 radical (unpaired) electrons. The van der Waals surface area contributed by atoms with Gasteiger partial charge < -0.3 is 33.9 Å². The monoisotopic (exact) mass is 394 g/mol. The van der Waals surface area contributed by atoms with Crippen molar-refractivity contribution in [3.8, 4) is 11.5 Å². The Hall–Kier alpha value is -0.264. The van der Waals surface area contributed by atoms with Crippen LogP contribution in [0.1, 0.15) is 51.3 Å². The molecule has 0 bridgehead atoms. The largest absolute Gasteiger partial charge is 2.00 e. The van der Waals surface area contributed by atoms with E-state index in [1.807, 2.05) is 13.0 Å². The topological polar surface area (TPSA) is 35.5 Å². The number of hydrogen-bond acceptors (Lipinski definition) is 3. The van der Waals surface area contributed by atoms with Crippen LogP contribution in [-0.2, 0) is 15.6 Å². The summed E-state index contributed by atoms with van der Waals surface area (Å²) in [7, 11) is 1.61. The summed E-state index contributed by atoms with van der Waals surface area (Å²) >= 11 is 0. The second kappa shape index (κ2) is 8.21. The van der Waals surface area contributed by atoms with E-state index in [2.05, 4.69) is 34.6 Å². The van der Waals surface area contributed by atoms with Crippen molar-refractivity contribution in [2.45, 2.75) is 52.4 Å². The number of hydrogen-bond donors (Lipinski definition) is 0. The summed E-state index contributed by atoms with van der Waals surface area (Å²) in [6.07, 6.45) is 0. The number of halogens is 1. The summed E-state index contributed by atoms with van der Waals surface area (Å²) in [6, 6.07) is 2.03. The first-order valence-corrected chi connectivity index (χ1v) is 7.02. The molecule has 1 aromatic rings. The fourth-order valence-electron chi connectivity index (χ4n) is 3.81. The van der Waals surface area contributed by atoms with Crippen LogP contribution in [0.3, 0.4) is 0 Å². The van der Waals surface area contributed by atoms with E-state index in [4.69, 9.17) is 9.47 Å². The fourth-order valence-corrected chi connectivity index (χ4v) is 3.81. The van der Waals surface area contributed by atoms with Crippen LogP contribution in [0.2, 0.25) is 0 Å². The number of rotatable bonds is 3. The van der Waals surface area contributed by atoms with Crippen LogP contribution in [-0.4, -0.2) is 36.6 Å². The summed E-state index contributed by atoms with van der Waals surface area (Å²) in [5, 5.41) is 0. The van der Waals surface area contributed by atoms with Gasteiger partial charge in [0.15, 0.2) is 11.5 Å². The number of carbonyl (C=O) groups excluding carboxylic acids is 1. The van der Waals surface area contributed by atoms with E-state index in [1.165, 1.54) is 11.1 Å². The molecule has 0 saturated carbocycles. The van der Waals surface area contributed by atoms with Crippen molar-refractivity contribution < 1.29 is 31.2 Å². The molecule has 5 heteroatoms. The molecule has 0 spiro atoms. The van der Waals surface area contributed by atoms with Gasteiger partial charge in [-0.2, -0.15) is 0 Å². The van der Waals surface area contributed by atoms with Gasteiger partial charge in [-0.3, -0.25) is 4.79 Å². The Labute approximate surface area is 167 Å². The maximum atomic E-state index is 10.8. The van der Waals surface area contributed by atoms with Crippen LogP contribution in [0, 0.1) is 20.3 Å². The van der Waals surface area contributed by atoms with Crippen molar-refractivity contribution >= 4 is 29.5 Å². The molecule has 2 rings (SSSR count). The predicted octanol–water partition coefficient (Wildman–Crippen LogP) is 0.817. The molecule has 0 N–H and O–H groups in total. The quantitative estimate of drug-likeness (QED) is 0.432. The van der Waals surface area contributed by atoms with E-state index in [9.17, 15) is 4.79 Å². The third-order valence-corrected chi connectivity index (χ3v) is 5.37. The van der Waals surface area contributed by atoms with Crippen molar-refractivity contribution in [3.05, 3.63) is 30.2 Å². The standard InChI is InChI=1S/C17H24O3.CH3.BrH.Mg/c1-10-14-12(8-13(19-7)15(10)20-9-18)16(3,4)11(2)17(14,5)6;;;/h8-9,11H,1-7H3;1H3;1H;/q;-1;;+2/p-1. The molecule has 0 aliphatic heterocycles. The van der Waals surface area contributed by atoms with Crippen LogP contribution in [0.5, 0.6) is 11.5 Å². The van der Waals surface area contributed by atoms with E-state index in [0.717, 1.165) is 5.56 Å². The van der Waals surface area contributed by atoms with E-state index in [1.54, 1.807) is 7.11 Å². The molecule has 3 nitrogen and oxygen atoms in total. The predicted molar refractivity (Wildman–Crippen MR) is 91.8 cm³/mol. The minimum absolute atomic E-state index is 0. The zero-order valence-corrected chi connectivity index (χ0v) is 18.5. The van der Waals surface area contributed by atoms with Crippen LogP contribution in [0.15, 0.2) is 6.07 Å². The SMILES string of the molecule is COc1cc2c(c(C)c1OC=O)C(C)(C)C(C)C2(C)C.[Br-].[CH3-].[Mg+2]. The first kappa shape index (κ1) is 25.0. The maximum absolute atomic E-state index is 10.8. The van der Waals surface area contributed by atoms with Crippen molar-refractivity contribution in [1.82, 2.24) is 0 Å². The first-order chi connectivity index (χ1) is 9.19. The Morgan fingerprint density at radius 2 is 1.70 bits per heavy atom. The van der Waals surface area contributed by atoms with Crippen molar-refractivity contribution in [2.75, 3.05) is 7.11 Å². The molecule has 23 heavy (non-hydrogen) atoms. The third kappa shape index (κ3) is 3.56. The van der Waals surface area contributed by atoms with Gasteiger partial charge in [0.25, 0.3) is 6.47 Å². The van der Waals surface area contributed by atoms with Gasteiger partial charge in [0, 0.05) is 0 Å². The summed E-state index contributed by atoms with van der Waals surface area (Å²) in [6.45, 7) is 13.8. The first-order valence-electron chi connectivity index (χ1n) is 7.02. The van der Waals surface area contributed by atoms with Crippen molar-refractivity contribution in [2.24, 2.45) is 5.92 Å². The van der Waals surface area contributed by atoms with E-state index >= 15 is 0 Å². The number of benzene rings is 1. The second-order valence-corrected chi connectivity index (χ2v) is 6.83. The molecule has 1 aromatic carbocycles. The Kier molecular flexibility index (Phi) is 8.92. The molecule has 1 atom stereocenters. The van der Waals surface area contributed by atoms with Gasteiger partial charge in [0.1, 0.15) is 0 Å². The molecule has 0 heterocycles. The van der Waals surface area contributed by atoms with Crippen molar-refractivity contribution in [1.29, 1.82) is 0 Å². The Morgan fingerprint density at radius 1 is 1.17 bits per heavy atom. The number of methoxy groups -OCH3 is 1. The van der Waals surface area contributed by atoms with Crippen molar-refractivity contribution in [3.63, 3.8) is 0 Å². The minimum atomic E-state index is 0. The molecular formula is C18H27BrMgO3. The molecule has 0 fully saturated rings. The van der Waals surface area contributed by atoms with Gasteiger partial charge in [-0.15, -0.1) is 0 Å². The van der Waals surface area contributed by atoms with E-state index in [0.29, 0.717) is 23.9 Å². The smallest absolute Gasteiger partial charge is 1.00 e. The van der Waals surface area contributed by atoms with Gasteiger partial charge in [-0.25, -0.2) is 0 Å². The van der Waals surface area contributed by atoms with Crippen LogP contribution in [0.25, 0.3) is 0 Å². The molecule has 0 aromatic heterocycles. The van der Waals surface area contributed by atoms with Crippen LogP contribution in [0.4, 0.5) is 0 Å². The molecule has 0 amide bonds. The van der Waals surface area contributed by atoms with Gasteiger partial charge in [0.05, 0.1) is 7.11 Å². The number of fused-ring (bicyclic) bond motifs is 1. The normalized spacial score (nSPS) is 19.3. The summed E-state index contributed by atoms with van der Waals surface area (Å²) in [5.74, 6) is 1.66. The van der Waals surface area contributed by atoms with Gasteiger partial charge in [0.2, 0.25) is 0 Å². The van der Waals surface area contributed by atoms with Crippen LogP contribution < -0.4 is 26.5 Å². The Bertz CT molecular complexity index is 568. The molecule has 0 saturated heterocycles. The average molecular weight is 396 g/mol. The van der Waals surface area contributed by atoms with Crippen LogP contribution >= 0.6 is 0 Å². The zero-order chi connectivity index (χ0) is 15.3. The average Bonchev–Trinajstić information content (AvgIpc) is 2.51. The maximum Gasteiger partial charge on any atom is 2.00 e. The minimum Gasteiger partial charge on any atom is -1.00 e. The Balaban J connectivity index is 0. The number of carbonyl (C=O) groups is 1. The summed E-state index contributed by atoms with van der Waals surface area (Å²) in [5.41, 5.74) is 3.69. The molecule has 1 aliphatic rings. The third-order valence-electron chi connectivity index (χ3n) is 5.37. The van der Waals surface area contributed by atoms with Gasteiger partial charge in [-0.1, -0.05) is 34.6 Å². The number of ether oxygens (including phenoxy) is 2. The molecular weight excluding hydrogens is 368 g/mol. The molecule has 1 aliphatic carbocycles. The molecule has 1 unspecified atom stereocenters. The Morgan fingerprint density at radius 3 is 2.13 bits per heavy atom. The second-order valence-electron chi connectivity index (χ2n) is 6.83. The zero-order valence-electron chi connectivity index (χ0n) is 15.5. The summed E-state index contributed by atoms with van der Waals surface area (Å²) < 4.78 is 10.6. The van der Waals surface area contributed by atoms with E-state index in [-0.39, 0.29) is 58.3 Å². The molecule has 126 valence electrons.